The van der Waals surface area contributed by atoms with Crippen molar-refractivity contribution in [3.8, 4) is 0 Å². The van der Waals surface area contributed by atoms with Crippen molar-refractivity contribution >= 4 is 11.7 Å². The van der Waals surface area contributed by atoms with Crippen LogP contribution in [-0.4, -0.2) is 29.7 Å². The van der Waals surface area contributed by atoms with E-state index in [9.17, 15) is 35.5 Å². The topological polar surface area (TPSA) is 49.3 Å². The maximum absolute atomic E-state index is 13.3. The quantitative estimate of drug-likeness (QED) is 0.817. The van der Waals surface area contributed by atoms with Crippen molar-refractivity contribution < 1.29 is 40.6 Å². The molecule has 0 unspecified atom stereocenters. The third-order valence-corrected chi connectivity index (χ3v) is 2.44. The van der Waals surface area contributed by atoms with Gasteiger partial charge in [0, 0.05) is 11.3 Å². The number of rotatable bonds is 5. The Morgan fingerprint density at radius 1 is 1.00 bits per heavy atom. The van der Waals surface area contributed by atoms with E-state index < -0.39 is 36.1 Å². The first kappa shape index (κ1) is 17.1. The van der Waals surface area contributed by atoms with Crippen molar-refractivity contribution in [2.24, 2.45) is 0 Å². The van der Waals surface area contributed by atoms with Gasteiger partial charge >= 0.3 is 24.0 Å². The Kier molecular flexibility index (Phi) is 4.40. The summed E-state index contributed by atoms with van der Waals surface area (Å²) in [6, 6.07) is 2.28. The Labute approximate surface area is 113 Å². The molecule has 0 atom stereocenters. The molecule has 0 spiro atoms. The minimum atomic E-state index is -6.41. The number of nitrogens with one attached hydrogen (secondary N) is 1. The average molecular weight is 319 g/mol. The SMILES string of the molecule is O=C(O)CNc1ccc(C(F)(F)C(F)(F)C(F)(F)F)cc1. The molecule has 21 heavy (non-hydrogen) atoms. The van der Waals surface area contributed by atoms with Crippen LogP contribution in [0, 0.1) is 0 Å². The summed E-state index contributed by atoms with van der Waals surface area (Å²) in [4.78, 5) is 10.2. The lowest BCUT2D eigenvalue weighted by molar-refractivity contribution is -0.359. The number of alkyl halides is 7. The van der Waals surface area contributed by atoms with Crippen molar-refractivity contribution in [3.63, 3.8) is 0 Å². The molecule has 0 aliphatic rings. The van der Waals surface area contributed by atoms with Gasteiger partial charge in [0.05, 0.1) is 0 Å². The highest BCUT2D eigenvalue weighted by Crippen LogP contribution is 2.51. The summed E-state index contributed by atoms with van der Waals surface area (Å²) in [7, 11) is 0. The van der Waals surface area contributed by atoms with Gasteiger partial charge in [0.25, 0.3) is 0 Å². The van der Waals surface area contributed by atoms with Crippen molar-refractivity contribution in [2.75, 3.05) is 11.9 Å². The van der Waals surface area contributed by atoms with Crippen LogP contribution >= 0.6 is 0 Å². The van der Waals surface area contributed by atoms with E-state index in [1.165, 1.54) is 0 Å². The number of halogens is 7. The lowest BCUT2D eigenvalue weighted by Crippen LogP contribution is -2.50. The van der Waals surface area contributed by atoms with Gasteiger partial charge in [0.15, 0.2) is 0 Å². The zero-order valence-electron chi connectivity index (χ0n) is 10.0. The Morgan fingerprint density at radius 2 is 1.48 bits per heavy atom. The van der Waals surface area contributed by atoms with Crippen LogP contribution < -0.4 is 5.32 Å². The fourth-order valence-electron chi connectivity index (χ4n) is 1.33. The summed E-state index contributed by atoms with van der Waals surface area (Å²) in [5.74, 6) is -12.9. The van der Waals surface area contributed by atoms with Crippen LogP contribution in [0.3, 0.4) is 0 Å². The predicted molar refractivity (Wildman–Crippen MR) is 57.5 cm³/mol. The van der Waals surface area contributed by atoms with E-state index >= 15 is 0 Å². The molecule has 10 heteroatoms. The molecule has 0 aliphatic carbocycles. The third-order valence-electron chi connectivity index (χ3n) is 2.44. The fraction of sp³-hybridized carbons (Fsp3) is 0.364. The number of benzene rings is 1. The number of carboxylic acids is 1. The monoisotopic (exact) mass is 319 g/mol. The van der Waals surface area contributed by atoms with Crippen LogP contribution in [0.15, 0.2) is 24.3 Å². The smallest absolute Gasteiger partial charge is 0.460 e. The highest BCUT2D eigenvalue weighted by Gasteiger charge is 2.73. The van der Waals surface area contributed by atoms with Crippen LogP contribution in [0.2, 0.25) is 0 Å². The maximum atomic E-state index is 13.3. The first-order chi connectivity index (χ1) is 9.39. The van der Waals surface area contributed by atoms with E-state index in [1.54, 1.807) is 0 Å². The van der Waals surface area contributed by atoms with E-state index in [0.29, 0.717) is 12.1 Å². The summed E-state index contributed by atoms with van der Waals surface area (Å²) >= 11 is 0. The van der Waals surface area contributed by atoms with Crippen molar-refractivity contribution in [1.82, 2.24) is 0 Å². The van der Waals surface area contributed by atoms with E-state index in [4.69, 9.17) is 5.11 Å². The molecule has 118 valence electrons. The van der Waals surface area contributed by atoms with Gasteiger partial charge in [-0.05, 0) is 12.1 Å². The number of carbonyl (C=O) groups is 1. The van der Waals surface area contributed by atoms with E-state index in [-0.39, 0.29) is 5.69 Å². The van der Waals surface area contributed by atoms with Gasteiger partial charge in [-0.1, -0.05) is 12.1 Å². The molecule has 2 N–H and O–H groups in total. The molecular weight excluding hydrogens is 311 g/mol. The van der Waals surface area contributed by atoms with Crippen LogP contribution in [0.4, 0.5) is 36.4 Å². The Hall–Kier alpha value is -2.00. The van der Waals surface area contributed by atoms with Gasteiger partial charge < -0.3 is 10.4 Å². The highest BCUT2D eigenvalue weighted by molar-refractivity contribution is 5.72. The van der Waals surface area contributed by atoms with Crippen molar-refractivity contribution in [1.29, 1.82) is 0 Å². The molecular formula is C11H8F7NO2. The molecule has 0 heterocycles. The molecule has 0 saturated carbocycles. The number of aliphatic carboxylic acids is 1. The minimum Gasteiger partial charge on any atom is -0.480 e. The largest absolute Gasteiger partial charge is 0.480 e. The number of hydrogen-bond acceptors (Lipinski definition) is 2. The summed E-state index contributed by atoms with van der Waals surface area (Å²) < 4.78 is 88.1. The van der Waals surface area contributed by atoms with E-state index in [0.717, 1.165) is 12.1 Å². The Morgan fingerprint density at radius 3 is 1.86 bits per heavy atom. The van der Waals surface area contributed by atoms with Gasteiger partial charge in [-0.2, -0.15) is 30.7 Å². The fourth-order valence-corrected chi connectivity index (χ4v) is 1.33. The lowest BCUT2D eigenvalue weighted by atomic mass is 10.0. The Balaban J connectivity index is 3.02. The predicted octanol–water partition coefficient (Wildman–Crippen LogP) is 3.47. The molecule has 0 saturated heterocycles. The number of carboxylic acid groups (broad SMARTS) is 1. The summed E-state index contributed by atoms with van der Waals surface area (Å²) in [6.45, 7) is -0.575. The molecule has 0 bridgehead atoms. The molecule has 1 rings (SSSR count). The van der Waals surface area contributed by atoms with Gasteiger partial charge in [-0.25, -0.2) is 0 Å². The third kappa shape index (κ3) is 3.37. The average Bonchev–Trinajstić information content (AvgIpc) is 2.35. The second-order valence-electron chi connectivity index (χ2n) is 3.97. The first-order valence-corrected chi connectivity index (χ1v) is 5.28. The molecule has 1 aromatic carbocycles. The van der Waals surface area contributed by atoms with Crippen LogP contribution in [0.25, 0.3) is 0 Å². The van der Waals surface area contributed by atoms with Gasteiger partial charge in [0.1, 0.15) is 6.54 Å². The summed E-state index contributed by atoms with van der Waals surface area (Å²) in [6.07, 6.45) is -6.41. The van der Waals surface area contributed by atoms with Gasteiger partial charge in [0.2, 0.25) is 0 Å². The first-order valence-electron chi connectivity index (χ1n) is 5.28. The molecule has 0 fully saturated rings. The van der Waals surface area contributed by atoms with Crippen LogP contribution in [0.1, 0.15) is 5.56 Å². The standard InChI is InChI=1S/C11H8F7NO2/c12-9(13,10(14,15)11(16,17)18)6-1-3-7(4-2-6)19-5-8(20)21/h1-4,19H,5H2,(H,20,21). The van der Waals surface area contributed by atoms with Crippen molar-refractivity contribution in [3.05, 3.63) is 29.8 Å². The van der Waals surface area contributed by atoms with Crippen molar-refractivity contribution in [2.45, 2.75) is 18.0 Å². The Bertz CT molecular complexity index is 510. The van der Waals surface area contributed by atoms with Gasteiger partial charge in [-0.3, -0.25) is 4.79 Å². The summed E-state index contributed by atoms with van der Waals surface area (Å²) in [5.41, 5.74) is -1.56. The molecule has 0 aliphatic heterocycles. The molecule has 0 aromatic heterocycles. The highest BCUT2D eigenvalue weighted by atomic mass is 19.4. The van der Waals surface area contributed by atoms with Gasteiger partial charge in [-0.15, -0.1) is 0 Å². The van der Waals surface area contributed by atoms with Crippen LogP contribution in [0.5, 0.6) is 0 Å². The molecule has 0 amide bonds. The number of anilines is 1. The normalized spacial score (nSPS) is 13.1. The maximum Gasteiger partial charge on any atom is 0.460 e. The number of hydrogen-bond donors (Lipinski definition) is 2. The van der Waals surface area contributed by atoms with E-state index in [2.05, 4.69) is 5.32 Å². The van der Waals surface area contributed by atoms with E-state index in [1.807, 2.05) is 0 Å². The molecule has 1 aromatic rings. The van der Waals surface area contributed by atoms with Crippen LogP contribution in [-0.2, 0) is 10.7 Å². The summed E-state index contributed by atoms with van der Waals surface area (Å²) in [5, 5.41) is 10.6. The second-order valence-corrected chi connectivity index (χ2v) is 3.97. The zero-order valence-corrected chi connectivity index (χ0v) is 10.0. The second kappa shape index (κ2) is 5.41. The lowest BCUT2D eigenvalue weighted by Gasteiger charge is -2.28. The minimum absolute atomic E-state index is 0.0210. The molecule has 0 radical (unpaired) electrons. The molecule has 3 nitrogen and oxygen atoms in total. The zero-order chi connectivity index (χ0) is 16.5.